The first-order valence-corrected chi connectivity index (χ1v) is 9.35. The van der Waals surface area contributed by atoms with Crippen LogP contribution < -0.4 is 5.32 Å². The van der Waals surface area contributed by atoms with Gasteiger partial charge in [-0.2, -0.15) is 4.98 Å². The minimum atomic E-state index is -3.52. The number of sulfone groups is 1. The van der Waals surface area contributed by atoms with E-state index < -0.39 is 21.6 Å². The Balaban J connectivity index is 1.82. The van der Waals surface area contributed by atoms with Crippen molar-refractivity contribution in [2.24, 2.45) is 0 Å². The number of carbonyl (C=O) groups is 1. The van der Waals surface area contributed by atoms with Crippen LogP contribution >= 0.6 is 0 Å². The molecular formula is C17H14FN3O4S. The zero-order valence-electron chi connectivity index (χ0n) is 13.9. The van der Waals surface area contributed by atoms with Gasteiger partial charge in [-0.15, -0.1) is 0 Å². The highest BCUT2D eigenvalue weighted by atomic mass is 32.2. The fraction of sp³-hybridized carbons (Fsp3) is 0.118. The summed E-state index contributed by atoms with van der Waals surface area (Å²) in [7, 11) is -3.52. The van der Waals surface area contributed by atoms with Crippen molar-refractivity contribution in [3.8, 4) is 11.5 Å². The summed E-state index contributed by atoms with van der Waals surface area (Å²) in [4.78, 5) is 16.3. The second kappa shape index (κ2) is 6.68. The topological polar surface area (TPSA) is 102 Å². The summed E-state index contributed by atoms with van der Waals surface area (Å²) in [6.45, 7) is 1.69. The predicted molar refractivity (Wildman–Crippen MR) is 91.9 cm³/mol. The highest BCUT2D eigenvalue weighted by Crippen LogP contribution is 2.21. The molecule has 9 heteroatoms. The molecule has 0 bridgehead atoms. The second-order valence-electron chi connectivity index (χ2n) is 5.59. The van der Waals surface area contributed by atoms with E-state index in [1.807, 2.05) is 0 Å². The lowest BCUT2D eigenvalue weighted by Crippen LogP contribution is -2.13. The average molecular weight is 375 g/mol. The van der Waals surface area contributed by atoms with E-state index in [4.69, 9.17) is 4.52 Å². The summed E-state index contributed by atoms with van der Waals surface area (Å²) >= 11 is 0. The zero-order chi connectivity index (χ0) is 18.9. The number of amides is 1. The lowest BCUT2D eigenvalue weighted by atomic mass is 10.1. The van der Waals surface area contributed by atoms with Crippen molar-refractivity contribution < 1.29 is 22.1 Å². The van der Waals surface area contributed by atoms with Crippen LogP contribution in [0.4, 0.5) is 10.1 Å². The Hall–Kier alpha value is -3.07. The number of carbonyl (C=O) groups excluding carboxylic acids is 1. The van der Waals surface area contributed by atoms with Crippen molar-refractivity contribution >= 4 is 21.4 Å². The Morgan fingerprint density at radius 2 is 1.85 bits per heavy atom. The Morgan fingerprint density at radius 3 is 2.42 bits per heavy atom. The third kappa shape index (κ3) is 3.77. The largest absolute Gasteiger partial charge is 0.334 e. The van der Waals surface area contributed by atoms with Gasteiger partial charge in [0.1, 0.15) is 5.82 Å². The fourth-order valence-electron chi connectivity index (χ4n) is 2.20. The number of halogens is 1. The standard InChI is InChI=1S/C17H14FN3O4S/c1-10-19-17(25-21-10)12-5-3-11(4-6-12)16(22)20-15-9-13(26(2,23)24)7-8-14(15)18/h3-9H,1-2H3,(H,20,22). The lowest BCUT2D eigenvalue weighted by Gasteiger charge is -2.08. The number of nitrogens with zero attached hydrogens (tertiary/aromatic N) is 2. The molecule has 7 nitrogen and oxygen atoms in total. The van der Waals surface area contributed by atoms with Crippen LogP contribution in [0, 0.1) is 12.7 Å². The molecule has 26 heavy (non-hydrogen) atoms. The summed E-state index contributed by atoms with van der Waals surface area (Å²) in [6, 6.07) is 9.48. The summed E-state index contributed by atoms with van der Waals surface area (Å²) in [5.74, 6) is -0.504. The van der Waals surface area contributed by atoms with E-state index in [0.29, 0.717) is 17.3 Å². The third-order valence-corrected chi connectivity index (χ3v) is 4.65. The molecule has 0 spiro atoms. The van der Waals surface area contributed by atoms with Crippen LogP contribution in [0.25, 0.3) is 11.5 Å². The molecule has 3 rings (SSSR count). The number of benzene rings is 2. The van der Waals surface area contributed by atoms with Crippen LogP contribution in [-0.4, -0.2) is 30.7 Å². The van der Waals surface area contributed by atoms with Crippen LogP contribution in [-0.2, 0) is 9.84 Å². The van der Waals surface area contributed by atoms with Gasteiger partial charge in [0.25, 0.3) is 11.8 Å². The molecule has 0 atom stereocenters. The van der Waals surface area contributed by atoms with Crippen molar-refractivity contribution in [3.05, 3.63) is 59.7 Å². The first-order chi connectivity index (χ1) is 12.2. The van der Waals surface area contributed by atoms with Crippen molar-refractivity contribution in [1.29, 1.82) is 0 Å². The number of rotatable bonds is 4. The summed E-state index contributed by atoms with van der Waals surface area (Å²) in [5.41, 5.74) is 0.677. The molecule has 1 amide bonds. The quantitative estimate of drug-likeness (QED) is 0.704. The van der Waals surface area contributed by atoms with Gasteiger partial charge in [0.05, 0.1) is 10.6 Å². The molecule has 2 aromatic carbocycles. The molecular weight excluding hydrogens is 361 g/mol. The summed E-state index contributed by atoms with van der Waals surface area (Å²) in [5, 5.41) is 6.06. The third-order valence-electron chi connectivity index (χ3n) is 3.54. The van der Waals surface area contributed by atoms with E-state index in [9.17, 15) is 17.6 Å². The van der Waals surface area contributed by atoms with Gasteiger partial charge < -0.3 is 9.84 Å². The van der Waals surface area contributed by atoms with Gasteiger partial charge in [0.2, 0.25) is 0 Å². The van der Waals surface area contributed by atoms with Crippen LogP contribution in [0.3, 0.4) is 0 Å². The van der Waals surface area contributed by atoms with Gasteiger partial charge in [-0.3, -0.25) is 4.79 Å². The van der Waals surface area contributed by atoms with Crippen molar-refractivity contribution in [3.63, 3.8) is 0 Å². The molecule has 0 saturated heterocycles. The number of hydrogen-bond acceptors (Lipinski definition) is 6. The second-order valence-corrected chi connectivity index (χ2v) is 7.61. The van der Waals surface area contributed by atoms with E-state index in [1.54, 1.807) is 19.1 Å². The molecule has 134 valence electrons. The average Bonchev–Trinajstić information content (AvgIpc) is 3.02. The van der Waals surface area contributed by atoms with E-state index in [0.717, 1.165) is 24.5 Å². The van der Waals surface area contributed by atoms with Gasteiger partial charge in [-0.1, -0.05) is 5.16 Å². The molecule has 1 N–H and O–H groups in total. The van der Waals surface area contributed by atoms with Crippen molar-refractivity contribution in [2.75, 3.05) is 11.6 Å². The fourth-order valence-corrected chi connectivity index (χ4v) is 2.85. The molecule has 1 aromatic heterocycles. The molecule has 1 heterocycles. The maximum absolute atomic E-state index is 13.9. The number of nitrogens with one attached hydrogen (secondary N) is 1. The highest BCUT2D eigenvalue weighted by molar-refractivity contribution is 7.90. The van der Waals surface area contributed by atoms with Gasteiger partial charge in [0.15, 0.2) is 15.7 Å². The monoisotopic (exact) mass is 375 g/mol. The maximum Gasteiger partial charge on any atom is 0.257 e. The first-order valence-electron chi connectivity index (χ1n) is 7.46. The number of anilines is 1. The molecule has 0 aliphatic carbocycles. The van der Waals surface area contributed by atoms with Gasteiger partial charge in [-0.05, 0) is 49.4 Å². The van der Waals surface area contributed by atoms with E-state index >= 15 is 0 Å². The molecule has 0 unspecified atom stereocenters. The molecule has 0 aliphatic heterocycles. The van der Waals surface area contributed by atoms with Crippen molar-refractivity contribution in [1.82, 2.24) is 10.1 Å². The minimum absolute atomic E-state index is 0.0867. The number of aromatic nitrogens is 2. The SMILES string of the molecule is Cc1noc(-c2ccc(C(=O)Nc3cc(S(C)(=O)=O)ccc3F)cc2)n1. The van der Waals surface area contributed by atoms with Gasteiger partial charge in [0, 0.05) is 17.4 Å². The van der Waals surface area contributed by atoms with Gasteiger partial charge in [-0.25, -0.2) is 12.8 Å². The predicted octanol–water partition coefficient (Wildman–Crippen LogP) is 2.84. The Labute approximate surface area is 148 Å². The Bertz CT molecular complexity index is 1080. The van der Waals surface area contributed by atoms with Crippen LogP contribution in [0.1, 0.15) is 16.2 Å². The number of aryl methyl sites for hydroxylation is 1. The maximum atomic E-state index is 13.9. The van der Waals surface area contributed by atoms with E-state index in [-0.39, 0.29) is 16.1 Å². The van der Waals surface area contributed by atoms with Crippen LogP contribution in [0.2, 0.25) is 0 Å². The van der Waals surface area contributed by atoms with E-state index in [2.05, 4.69) is 15.5 Å². The number of hydrogen-bond donors (Lipinski definition) is 1. The Morgan fingerprint density at radius 1 is 1.15 bits per heavy atom. The van der Waals surface area contributed by atoms with E-state index in [1.165, 1.54) is 12.1 Å². The van der Waals surface area contributed by atoms with Gasteiger partial charge >= 0.3 is 0 Å². The lowest BCUT2D eigenvalue weighted by molar-refractivity contribution is 0.102. The normalized spacial score (nSPS) is 11.3. The van der Waals surface area contributed by atoms with Crippen LogP contribution in [0.15, 0.2) is 51.9 Å². The Kier molecular flexibility index (Phi) is 4.56. The molecule has 0 saturated carbocycles. The molecule has 3 aromatic rings. The summed E-state index contributed by atoms with van der Waals surface area (Å²) in [6.07, 6.45) is 1.00. The first kappa shape index (κ1) is 17.7. The molecule has 0 fully saturated rings. The molecule has 0 radical (unpaired) electrons. The highest BCUT2D eigenvalue weighted by Gasteiger charge is 2.15. The van der Waals surface area contributed by atoms with Crippen molar-refractivity contribution in [2.45, 2.75) is 11.8 Å². The van der Waals surface area contributed by atoms with Crippen LogP contribution in [0.5, 0.6) is 0 Å². The minimum Gasteiger partial charge on any atom is -0.334 e. The molecule has 0 aliphatic rings. The smallest absolute Gasteiger partial charge is 0.257 e. The zero-order valence-corrected chi connectivity index (χ0v) is 14.7. The summed E-state index contributed by atoms with van der Waals surface area (Å²) < 4.78 is 42.1.